The van der Waals surface area contributed by atoms with E-state index in [-0.39, 0.29) is 11.8 Å². The standard InChI is InChI=1S/C18H14BrClN2O2/c1-10-15(17(23)11-6-8-12(20)9-7-11)16(22-18(24)21-10)13-4-2-3-5-14(13)19/h2-9,16H,1H3,(H2,21,22,24)/t16-/m1/s1. The summed E-state index contributed by atoms with van der Waals surface area (Å²) in [5.41, 5.74) is 2.39. The fourth-order valence-electron chi connectivity index (χ4n) is 2.69. The molecule has 2 aromatic rings. The highest BCUT2D eigenvalue weighted by molar-refractivity contribution is 9.10. The van der Waals surface area contributed by atoms with Crippen molar-refractivity contribution in [2.75, 3.05) is 0 Å². The van der Waals surface area contributed by atoms with Gasteiger partial charge in [-0.3, -0.25) is 4.79 Å². The molecule has 122 valence electrons. The van der Waals surface area contributed by atoms with E-state index in [0.717, 1.165) is 10.0 Å². The number of ketones is 1. The van der Waals surface area contributed by atoms with Crippen LogP contribution in [0, 0.1) is 0 Å². The molecule has 0 unspecified atom stereocenters. The summed E-state index contributed by atoms with van der Waals surface area (Å²) in [5.74, 6) is -0.155. The summed E-state index contributed by atoms with van der Waals surface area (Å²) in [6.07, 6.45) is 0. The van der Waals surface area contributed by atoms with Crippen LogP contribution in [0.5, 0.6) is 0 Å². The maximum atomic E-state index is 13.0. The van der Waals surface area contributed by atoms with Crippen molar-refractivity contribution in [2.24, 2.45) is 0 Å². The number of urea groups is 1. The summed E-state index contributed by atoms with van der Waals surface area (Å²) in [6.45, 7) is 1.73. The molecular weight excluding hydrogens is 392 g/mol. The fourth-order valence-corrected chi connectivity index (χ4v) is 3.33. The van der Waals surface area contributed by atoms with Crippen molar-refractivity contribution < 1.29 is 9.59 Å². The topological polar surface area (TPSA) is 58.2 Å². The van der Waals surface area contributed by atoms with Crippen LogP contribution in [0.4, 0.5) is 4.79 Å². The Morgan fingerprint density at radius 3 is 2.46 bits per heavy atom. The van der Waals surface area contributed by atoms with Gasteiger partial charge >= 0.3 is 6.03 Å². The third kappa shape index (κ3) is 3.23. The molecule has 0 bridgehead atoms. The quantitative estimate of drug-likeness (QED) is 0.732. The molecule has 1 heterocycles. The van der Waals surface area contributed by atoms with E-state index in [1.165, 1.54) is 0 Å². The lowest BCUT2D eigenvalue weighted by Gasteiger charge is -2.29. The van der Waals surface area contributed by atoms with Crippen LogP contribution < -0.4 is 10.6 Å². The summed E-state index contributed by atoms with van der Waals surface area (Å²) >= 11 is 9.39. The van der Waals surface area contributed by atoms with E-state index in [4.69, 9.17) is 11.6 Å². The molecule has 0 aromatic heterocycles. The fraction of sp³-hybridized carbons (Fsp3) is 0.111. The number of nitrogens with one attached hydrogen (secondary N) is 2. The zero-order valence-electron chi connectivity index (χ0n) is 12.8. The van der Waals surface area contributed by atoms with Crippen LogP contribution in [-0.4, -0.2) is 11.8 Å². The maximum absolute atomic E-state index is 13.0. The highest BCUT2D eigenvalue weighted by atomic mass is 79.9. The average molecular weight is 406 g/mol. The van der Waals surface area contributed by atoms with Gasteiger partial charge in [-0.2, -0.15) is 0 Å². The third-order valence-electron chi connectivity index (χ3n) is 3.84. The summed E-state index contributed by atoms with van der Waals surface area (Å²) < 4.78 is 0.825. The molecule has 2 N–H and O–H groups in total. The Hall–Kier alpha value is -2.11. The van der Waals surface area contributed by atoms with Gasteiger partial charge in [-0.05, 0) is 42.8 Å². The number of allylic oxidation sites excluding steroid dienone is 1. The van der Waals surface area contributed by atoms with Crippen LogP contribution in [0.1, 0.15) is 28.9 Å². The second-order valence-corrected chi connectivity index (χ2v) is 6.72. The number of carbonyl (C=O) groups excluding carboxylic acids is 2. The molecule has 0 spiro atoms. The number of halogens is 2. The number of carbonyl (C=O) groups is 2. The molecule has 0 saturated carbocycles. The highest BCUT2D eigenvalue weighted by Crippen LogP contribution is 2.33. The van der Waals surface area contributed by atoms with Gasteiger partial charge in [-0.1, -0.05) is 45.7 Å². The molecular formula is C18H14BrClN2O2. The zero-order chi connectivity index (χ0) is 17.3. The number of amides is 2. The number of Topliss-reactive ketones (excluding diaryl/α,β-unsaturated/α-hetero) is 1. The Balaban J connectivity index is 2.09. The minimum atomic E-state index is -0.530. The Kier molecular flexibility index (Phi) is 4.73. The molecule has 0 radical (unpaired) electrons. The lowest BCUT2D eigenvalue weighted by atomic mass is 9.89. The lowest BCUT2D eigenvalue weighted by Crippen LogP contribution is -2.45. The minimum absolute atomic E-state index is 0.155. The predicted octanol–water partition coefficient (Wildman–Crippen LogP) is 4.61. The van der Waals surface area contributed by atoms with Crippen LogP contribution in [0.25, 0.3) is 0 Å². The van der Waals surface area contributed by atoms with Gasteiger partial charge in [0.1, 0.15) is 0 Å². The molecule has 0 saturated heterocycles. The van der Waals surface area contributed by atoms with Gasteiger partial charge in [0.15, 0.2) is 5.78 Å². The van der Waals surface area contributed by atoms with Crippen LogP contribution in [0.15, 0.2) is 64.3 Å². The van der Waals surface area contributed by atoms with E-state index in [2.05, 4.69) is 26.6 Å². The first-order valence-corrected chi connectivity index (χ1v) is 8.47. The van der Waals surface area contributed by atoms with Gasteiger partial charge in [0.25, 0.3) is 0 Å². The smallest absolute Gasteiger partial charge is 0.319 e. The van der Waals surface area contributed by atoms with Gasteiger partial charge in [0.2, 0.25) is 0 Å². The van der Waals surface area contributed by atoms with E-state index < -0.39 is 6.04 Å². The van der Waals surface area contributed by atoms with Crippen molar-refractivity contribution >= 4 is 39.3 Å². The number of hydrogen-bond donors (Lipinski definition) is 2. The van der Waals surface area contributed by atoms with Gasteiger partial charge in [-0.15, -0.1) is 0 Å². The maximum Gasteiger partial charge on any atom is 0.319 e. The van der Waals surface area contributed by atoms with E-state index in [1.54, 1.807) is 31.2 Å². The summed E-state index contributed by atoms with van der Waals surface area (Å²) in [4.78, 5) is 24.9. The Morgan fingerprint density at radius 2 is 1.79 bits per heavy atom. The Morgan fingerprint density at radius 1 is 1.12 bits per heavy atom. The lowest BCUT2D eigenvalue weighted by molar-refractivity contribution is 0.102. The minimum Gasteiger partial charge on any atom is -0.327 e. The molecule has 1 aliphatic rings. The van der Waals surface area contributed by atoms with Gasteiger partial charge in [0, 0.05) is 26.3 Å². The SMILES string of the molecule is CC1=C(C(=O)c2ccc(Cl)cc2)[C@@H](c2ccccc2Br)NC(=O)N1. The van der Waals surface area contributed by atoms with Crippen molar-refractivity contribution in [1.82, 2.24) is 10.6 Å². The molecule has 2 amide bonds. The first-order chi connectivity index (χ1) is 11.5. The van der Waals surface area contributed by atoms with E-state index >= 15 is 0 Å². The molecule has 24 heavy (non-hydrogen) atoms. The molecule has 0 aliphatic carbocycles. The Bertz CT molecular complexity index is 846. The number of rotatable bonds is 3. The molecule has 1 aliphatic heterocycles. The van der Waals surface area contributed by atoms with Crippen molar-refractivity contribution in [3.05, 3.63) is 80.4 Å². The largest absolute Gasteiger partial charge is 0.327 e. The summed E-state index contributed by atoms with van der Waals surface area (Å²) in [5, 5.41) is 6.07. The zero-order valence-corrected chi connectivity index (χ0v) is 15.1. The van der Waals surface area contributed by atoms with Crippen LogP contribution in [-0.2, 0) is 0 Å². The second kappa shape index (κ2) is 6.79. The van der Waals surface area contributed by atoms with Crippen molar-refractivity contribution in [1.29, 1.82) is 0 Å². The molecule has 0 fully saturated rings. The molecule has 1 atom stereocenters. The van der Waals surface area contributed by atoms with Crippen molar-refractivity contribution in [3.63, 3.8) is 0 Å². The average Bonchev–Trinajstić information content (AvgIpc) is 2.55. The van der Waals surface area contributed by atoms with Crippen LogP contribution in [0.2, 0.25) is 5.02 Å². The third-order valence-corrected chi connectivity index (χ3v) is 4.81. The summed E-state index contributed by atoms with van der Waals surface area (Å²) in [6, 6.07) is 13.4. The number of hydrogen-bond acceptors (Lipinski definition) is 2. The van der Waals surface area contributed by atoms with E-state index in [1.807, 2.05) is 24.3 Å². The predicted molar refractivity (Wildman–Crippen MR) is 97.0 cm³/mol. The first-order valence-electron chi connectivity index (χ1n) is 7.30. The van der Waals surface area contributed by atoms with E-state index in [0.29, 0.717) is 21.9 Å². The monoisotopic (exact) mass is 404 g/mol. The number of benzene rings is 2. The van der Waals surface area contributed by atoms with Gasteiger partial charge in [-0.25, -0.2) is 4.79 Å². The van der Waals surface area contributed by atoms with Crippen molar-refractivity contribution in [2.45, 2.75) is 13.0 Å². The van der Waals surface area contributed by atoms with Gasteiger partial charge < -0.3 is 10.6 Å². The second-order valence-electron chi connectivity index (χ2n) is 5.43. The van der Waals surface area contributed by atoms with Crippen molar-refractivity contribution in [3.8, 4) is 0 Å². The molecule has 4 nitrogen and oxygen atoms in total. The molecule has 6 heteroatoms. The highest BCUT2D eigenvalue weighted by Gasteiger charge is 2.32. The Labute approximate surface area is 153 Å². The normalized spacial score (nSPS) is 17.3. The molecule has 3 rings (SSSR count). The summed E-state index contributed by atoms with van der Waals surface area (Å²) in [7, 11) is 0. The van der Waals surface area contributed by atoms with Crippen LogP contribution >= 0.6 is 27.5 Å². The van der Waals surface area contributed by atoms with Crippen LogP contribution in [0.3, 0.4) is 0 Å². The first kappa shape index (κ1) is 16.7. The van der Waals surface area contributed by atoms with E-state index in [9.17, 15) is 9.59 Å². The van der Waals surface area contributed by atoms with Gasteiger partial charge in [0.05, 0.1) is 6.04 Å². The molecule has 2 aromatic carbocycles.